The molecule has 0 saturated heterocycles. The molecule has 0 aromatic carbocycles. The van der Waals surface area contributed by atoms with Gasteiger partial charge in [0.2, 0.25) is 0 Å². The third-order valence-corrected chi connectivity index (χ3v) is 5.37. The predicted octanol–water partition coefficient (Wildman–Crippen LogP) is 6.00. The van der Waals surface area contributed by atoms with E-state index in [-0.39, 0.29) is 6.61 Å². The lowest BCUT2D eigenvalue weighted by Gasteiger charge is -2.10. The molecule has 0 aliphatic heterocycles. The van der Waals surface area contributed by atoms with Gasteiger partial charge in [0.1, 0.15) is 0 Å². The van der Waals surface area contributed by atoms with Gasteiger partial charge in [-0.1, -0.05) is 103 Å². The highest BCUT2D eigenvalue weighted by molar-refractivity contribution is 7.80. The number of carbonyl (C=O) groups is 1. The lowest BCUT2D eigenvalue weighted by Crippen LogP contribution is -2.26. The van der Waals surface area contributed by atoms with Crippen LogP contribution >= 0.6 is 0 Å². The van der Waals surface area contributed by atoms with E-state index in [9.17, 15) is 13.2 Å². The molecule has 0 amide bonds. The van der Waals surface area contributed by atoms with Gasteiger partial charge in [-0.05, 0) is 13.3 Å². The maximum atomic E-state index is 11.5. The van der Waals surface area contributed by atoms with Crippen LogP contribution in [0.4, 0.5) is 0 Å². The van der Waals surface area contributed by atoms with Crippen LogP contribution in [0.25, 0.3) is 0 Å². The summed E-state index contributed by atoms with van der Waals surface area (Å²) in [5.41, 5.74) is 0. The molecule has 0 heterocycles. The van der Waals surface area contributed by atoms with Gasteiger partial charge in [-0.25, -0.2) is 8.98 Å². The molecular formula is C21H42O6S. The molecule has 0 spiro atoms. The monoisotopic (exact) mass is 422 g/mol. The van der Waals surface area contributed by atoms with Gasteiger partial charge in [-0.15, -0.1) is 0 Å². The standard InChI is InChI=1S/C21H42O6S/c1-3-4-5-6-7-8-9-10-11-12-13-14-15-16-17-18-19-26-21(22)20(2)27-28(23,24)25/h20H,3-19H2,1-2H3,(H,23,24,25). The van der Waals surface area contributed by atoms with Gasteiger partial charge in [0.15, 0.2) is 6.10 Å². The fraction of sp³-hybridized carbons (Fsp3) is 0.952. The Balaban J connectivity index is 3.26. The van der Waals surface area contributed by atoms with Gasteiger partial charge < -0.3 is 4.74 Å². The van der Waals surface area contributed by atoms with E-state index in [0.29, 0.717) is 0 Å². The fourth-order valence-corrected chi connectivity index (χ4v) is 3.61. The molecule has 0 aliphatic rings. The van der Waals surface area contributed by atoms with E-state index in [1.807, 2.05) is 0 Å². The van der Waals surface area contributed by atoms with Crippen LogP contribution in [0.5, 0.6) is 0 Å². The number of rotatable bonds is 20. The van der Waals surface area contributed by atoms with E-state index in [0.717, 1.165) is 19.3 Å². The quantitative estimate of drug-likeness (QED) is 0.147. The second kappa shape index (κ2) is 18.4. The van der Waals surface area contributed by atoms with E-state index >= 15 is 0 Å². The maximum Gasteiger partial charge on any atom is 0.398 e. The topological polar surface area (TPSA) is 89.9 Å². The Bertz CT molecular complexity index is 464. The van der Waals surface area contributed by atoms with Crippen molar-refractivity contribution in [3.8, 4) is 0 Å². The van der Waals surface area contributed by atoms with Crippen LogP contribution in [0.15, 0.2) is 0 Å². The molecule has 28 heavy (non-hydrogen) atoms. The molecule has 1 unspecified atom stereocenters. The van der Waals surface area contributed by atoms with Gasteiger partial charge in [0, 0.05) is 0 Å². The van der Waals surface area contributed by atoms with E-state index in [1.165, 1.54) is 90.4 Å². The van der Waals surface area contributed by atoms with Gasteiger partial charge in [0.25, 0.3) is 0 Å². The second-order valence-corrected chi connectivity index (χ2v) is 8.68. The van der Waals surface area contributed by atoms with Crippen molar-refractivity contribution in [2.45, 2.75) is 123 Å². The molecule has 6 nitrogen and oxygen atoms in total. The van der Waals surface area contributed by atoms with Crippen LogP contribution in [0.2, 0.25) is 0 Å². The minimum absolute atomic E-state index is 0.246. The summed E-state index contributed by atoms with van der Waals surface area (Å²) in [6.07, 6.45) is 19.1. The van der Waals surface area contributed by atoms with Crippen molar-refractivity contribution in [1.82, 2.24) is 0 Å². The summed E-state index contributed by atoms with van der Waals surface area (Å²) in [7, 11) is -4.63. The number of hydrogen-bond acceptors (Lipinski definition) is 5. The van der Waals surface area contributed by atoms with Crippen LogP contribution < -0.4 is 0 Å². The van der Waals surface area contributed by atoms with Gasteiger partial charge in [0.05, 0.1) is 6.61 Å². The Labute approximate surface area is 172 Å². The van der Waals surface area contributed by atoms with E-state index < -0.39 is 22.5 Å². The smallest absolute Gasteiger partial charge is 0.398 e. The van der Waals surface area contributed by atoms with Crippen molar-refractivity contribution in [3.63, 3.8) is 0 Å². The Morgan fingerprint density at radius 1 is 0.750 bits per heavy atom. The highest BCUT2D eigenvalue weighted by Gasteiger charge is 2.21. The third kappa shape index (κ3) is 20.1. The molecule has 7 heteroatoms. The first-order valence-corrected chi connectivity index (χ1v) is 12.6. The van der Waals surface area contributed by atoms with E-state index in [1.54, 1.807) is 0 Å². The van der Waals surface area contributed by atoms with Crippen LogP contribution in [0.3, 0.4) is 0 Å². The average Bonchev–Trinajstić information content (AvgIpc) is 2.62. The minimum atomic E-state index is -4.63. The zero-order chi connectivity index (χ0) is 21.1. The summed E-state index contributed by atoms with van der Waals surface area (Å²) in [5, 5.41) is 0. The van der Waals surface area contributed by atoms with Crippen LogP contribution in [0, 0.1) is 0 Å². The van der Waals surface area contributed by atoms with Gasteiger partial charge in [-0.2, -0.15) is 8.42 Å². The first-order chi connectivity index (χ1) is 13.4. The minimum Gasteiger partial charge on any atom is -0.464 e. The van der Waals surface area contributed by atoms with Crippen molar-refractivity contribution >= 4 is 16.4 Å². The predicted molar refractivity (Wildman–Crippen MR) is 113 cm³/mol. The van der Waals surface area contributed by atoms with E-state index in [4.69, 9.17) is 9.29 Å². The molecule has 0 aromatic rings. The normalized spacial score (nSPS) is 12.8. The summed E-state index contributed by atoms with van der Waals surface area (Å²) in [5.74, 6) is -0.779. The van der Waals surface area contributed by atoms with Crippen LogP contribution in [0.1, 0.15) is 117 Å². The van der Waals surface area contributed by atoms with Crippen LogP contribution in [-0.4, -0.2) is 31.7 Å². The zero-order valence-corrected chi connectivity index (χ0v) is 18.8. The number of unbranched alkanes of at least 4 members (excludes halogenated alkanes) is 15. The Morgan fingerprint density at radius 3 is 1.46 bits per heavy atom. The molecule has 0 radical (unpaired) electrons. The number of ether oxygens (including phenoxy) is 1. The number of hydrogen-bond donors (Lipinski definition) is 1. The summed E-state index contributed by atoms with van der Waals surface area (Å²) in [4.78, 5) is 11.5. The molecule has 0 aliphatic carbocycles. The van der Waals surface area contributed by atoms with Crippen molar-refractivity contribution in [2.24, 2.45) is 0 Å². The Morgan fingerprint density at radius 2 is 1.11 bits per heavy atom. The molecule has 0 aromatic heterocycles. The lowest BCUT2D eigenvalue weighted by atomic mass is 10.0. The van der Waals surface area contributed by atoms with Crippen LogP contribution in [-0.2, 0) is 24.1 Å². The largest absolute Gasteiger partial charge is 0.464 e. The lowest BCUT2D eigenvalue weighted by molar-refractivity contribution is -0.151. The van der Waals surface area contributed by atoms with Gasteiger partial charge >= 0.3 is 16.4 Å². The van der Waals surface area contributed by atoms with Gasteiger partial charge in [-0.3, -0.25) is 4.55 Å². The molecule has 0 bridgehead atoms. The highest BCUT2D eigenvalue weighted by atomic mass is 32.3. The Kier molecular flexibility index (Phi) is 17.9. The maximum absolute atomic E-state index is 11.5. The molecule has 1 N–H and O–H groups in total. The van der Waals surface area contributed by atoms with E-state index in [2.05, 4.69) is 11.1 Å². The highest BCUT2D eigenvalue weighted by Crippen LogP contribution is 2.13. The zero-order valence-electron chi connectivity index (χ0n) is 18.0. The molecular weight excluding hydrogens is 380 g/mol. The summed E-state index contributed by atoms with van der Waals surface area (Å²) in [6.45, 7) is 3.73. The fourth-order valence-electron chi connectivity index (χ4n) is 3.16. The molecule has 0 rings (SSSR count). The van der Waals surface area contributed by atoms with Crippen molar-refractivity contribution in [3.05, 3.63) is 0 Å². The summed E-state index contributed by atoms with van der Waals surface area (Å²) >= 11 is 0. The average molecular weight is 423 g/mol. The third-order valence-electron chi connectivity index (χ3n) is 4.84. The van der Waals surface area contributed by atoms with Crippen molar-refractivity contribution in [1.29, 1.82) is 0 Å². The first-order valence-electron chi connectivity index (χ1n) is 11.2. The SMILES string of the molecule is CCCCCCCCCCCCCCCCCCOC(=O)C(C)OS(=O)(=O)O. The number of esters is 1. The molecule has 1 atom stereocenters. The second-order valence-electron chi connectivity index (χ2n) is 7.64. The molecule has 168 valence electrons. The molecule has 0 saturated carbocycles. The van der Waals surface area contributed by atoms with Crippen molar-refractivity contribution < 1.29 is 26.7 Å². The first kappa shape index (κ1) is 27.3. The number of carbonyl (C=O) groups excluding carboxylic acids is 1. The summed E-state index contributed by atoms with van der Waals surface area (Å²) < 4.78 is 38.6. The summed E-state index contributed by atoms with van der Waals surface area (Å²) in [6, 6.07) is 0. The Hall–Kier alpha value is -0.660. The van der Waals surface area contributed by atoms with Crippen molar-refractivity contribution in [2.75, 3.05) is 6.61 Å². The molecule has 0 fully saturated rings.